The zero-order chi connectivity index (χ0) is 11.4. The summed E-state index contributed by atoms with van der Waals surface area (Å²) in [4.78, 5) is 3.85. The van der Waals surface area contributed by atoms with Crippen LogP contribution >= 0.6 is 0 Å². The van der Waals surface area contributed by atoms with E-state index < -0.39 is 10.0 Å². The number of rotatable bonds is 4. The summed E-state index contributed by atoms with van der Waals surface area (Å²) in [7, 11) is -3.24. The second kappa shape index (κ2) is 4.90. The minimum absolute atomic E-state index is 0.0199. The minimum Gasteiger partial charge on any atom is -0.315 e. The van der Waals surface area contributed by atoms with Crippen LogP contribution in [0.3, 0.4) is 0 Å². The summed E-state index contributed by atoms with van der Waals surface area (Å²) in [5.74, 6) is 0.0199. The summed E-state index contributed by atoms with van der Waals surface area (Å²) in [6.07, 6.45) is 4.06. The lowest BCUT2D eigenvalue weighted by atomic mass is 10.3. The summed E-state index contributed by atoms with van der Waals surface area (Å²) in [5, 5.41) is 3.12. The molecule has 16 heavy (non-hydrogen) atoms. The molecule has 1 atom stereocenters. The first-order chi connectivity index (χ1) is 7.66. The number of pyridine rings is 1. The molecule has 0 bridgehead atoms. The second-order valence-electron chi connectivity index (χ2n) is 3.92. The average Bonchev–Trinajstić information content (AvgIpc) is 2.70. The van der Waals surface area contributed by atoms with Gasteiger partial charge in [0, 0.05) is 25.0 Å². The Morgan fingerprint density at radius 1 is 1.44 bits per heavy atom. The second-order valence-corrected chi connectivity index (χ2v) is 5.68. The lowest BCUT2D eigenvalue weighted by Crippen LogP contribution is -2.36. The third-order valence-electron chi connectivity index (χ3n) is 2.51. The van der Waals surface area contributed by atoms with E-state index in [0.717, 1.165) is 25.1 Å². The van der Waals surface area contributed by atoms with E-state index >= 15 is 0 Å². The van der Waals surface area contributed by atoms with Crippen molar-refractivity contribution >= 4 is 10.0 Å². The fraction of sp³-hybridized carbons (Fsp3) is 0.500. The van der Waals surface area contributed by atoms with Crippen molar-refractivity contribution in [3.05, 3.63) is 30.1 Å². The number of hydrogen-bond donors (Lipinski definition) is 2. The van der Waals surface area contributed by atoms with Crippen LogP contribution in [0.1, 0.15) is 12.0 Å². The van der Waals surface area contributed by atoms with Gasteiger partial charge in [-0.3, -0.25) is 4.98 Å². The Labute approximate surface area is 95.3 Å². The standard InChI is InChI=1S/C10H15N3O2S/c14-16(15,13-10-3-6-12-7-10)8-9-1-4-11-5-2-9/h1-2,4-5,10,12-13H,3,6-8H2. The largest absolute Gasteiger partial charge is 0.315 e. The summed E-state index contributed by atoms with van der Waals surface area (Å²) in [5.41, 5.74) is 0.758. The molecule has 6 heteroatoms. The van der Waals surface area contributed by atoms with Crippen LogP contribution in [0.5, 0.6) is 0 Å². The molecule has 1 fully saturated rings. The van der Waals surface area contributed by atoms with Crippen LogP contribution in [-0.2, 0) is 15.8 Å². The predicted octanol–water partition coefficient (Wildman–Crippen LogP) is -0.137. The van der Waals surface area contributed by atoms with E-state index in [4.69, 9.17) is 0 Å². The fourth-order valence-electron chi connectivity index (χ4n) is 1.75. The molecule has 0 amide bonds. The first-order valence-corrected chi connectivity index (χ1v) is 6.90. The predicted molar refractivity (Wildman–Crippen MR) is 61.3 cm³/mol. The topological polar surface area (TPSA) is 71.1 Å². The highest BCUT2D eigenvalue weighted by Gasteiger charge is 2.21. The highest BCUT2D eigenvalue weighted by Crippen LogP contribution is 2.06. The molecule has 0 aromatic carbocycles. The summed E-state index contributed by atoms with van der Waals surface area (Å²) < 4.78 is 26.3. The molecular weight excluding hydrogens is 226 g/mol. The van der Waals surface area contributed by atoms with Gasteiger partial charge >= 0.3 is 0 Å². The van der Waals surface area contributed by atoms with Crippen molar-refractivity contribution in [2.75, 3.05) is 13.1 Å². The Balaban J connectivity index is 1.97. The molecule has 2 heterocycles. The molecule has 0 aliphatic carbocycles. The molecule has 1 unspecified atom stereocenters. The Morgan fingerprint density at radius 2 is 2.19 bits per heavy atom. The van der Waals surface area contributed by atoms with E-state index in [1.807, 2.05) is 0 Å². The highest BCUT2D eigenvalue weighted by molar-refractivity contribution is 7.88. The molecule has 0 saturated carbocycles. The number of nitrogens with one attached hydrogen (secondary N) is 2. The third kappa shape index (κ3) is 3.26. The van der Waals surface area contributed by atoms with Gasteiger partial charge in [-0.2, -0.15) is 0 Å². The van der Waals surface area contributed by atoms with E-state index in [1.165, 1.54) is 0 Å². The van der Waals surface area contributed by atoms with Crippen molar-refractivity contribution in [3.8, 4) is 0 Å². The molecule has 5 nitrogen and oxygen atoms in total. The van der Waals surface area contributed by atoms with E-state index in [1.54, 1.807) is 24.5 Å². The molecule has 0 radical (unpaired) electrons. The van der Waals surface area contributed by atoms with Crippen molar-refractivity contribution < 1.29 is 8.42 Å². The lowest BCUT2D eigenvalue weighted by molar-refractivity contribution is 0.559. The van der Waals surface area contributed by atoms with E-state index in [-0.39, 0.29) is 11.8 Å². The zero-order valence-electron chi connectivity index (χ0n) is 8.89. The molecular formula is C10H15N3O2S. The van der Waals surface area contributed by atoms with Crippen molar-refractivity contribution in [2.45, 2.75) is 18.2 Å². The molecule has 88 valence electrons. The van der Waals surface area contributed by atoms with Crippen LogP contribution in [-0.4, -0.2) is 32.5 Å². The summed E-state index contributed by atoms with van der Waals surface area (Å²) >= 11 is 0. The molecule has 2 N–H and O–H groups in total. The highest BCUT2D eigenvalue weighted by atomic mass is 32.2. The van der Waals surface area contributed by atoms with Gasteiger partial charge in [0.25, 0.3) is 0 Å². The monoisotopic (exact) mass is 241 g/mol. The molecule has 1 saturated heterocycles. The van der Waals surface area contributed by atoms with Gasteiger partial charge in [-0.1, -0.05) is 0 Å². The van der Waals surface area contributed by atoms with E-state index in [2.05, 4.69) is 15.0 Å². The SMILES string of the molecule is O=S(=O)(Cc1ccncc1)NC1CCNC1. The van der Waals surface area contributed by atoms with Crippen molar-refractivity contribution in [1.82, 2.24) is 15.0 Å². The first kappa shape index (κ1) is 11.5. The Hall–Kier alpha value is -0.980. The molecule has 1 aromatic heterocycles. The lowest BCUT2D eigenvalue weighted by Gasteiger charge is -2.11. The van der Waals surface area contributed by atoms with E-state index in [9.17, 15) is 8.42 Å². The minimum atomic E-state index is -3.24. The summed E-state index contributed by atoms with van der Waals surface area (Å²) in [6.45, 7) is 1.60. The molecule has 1 aromatic rings. The van der Waals surface area contributed by atoms with Gasteiger partial charge in [0.2, 0.25) is 10.0 Å². The molecule has 0 spiro atoms. The number of sulfonamides is 1. The summed E-state index contributed by atoms with van der Waals surface area (Å²) in [6, 6.07) is 3.46. The number of aromatic nitrogens is 1. The van der Waals surface area contributed by atoms with Gasteiger partial charge in [-0.05, 0) is 30.7 Å². The first-order valence-electron chi connectivity index (χ1n) is 5.25. The van der Waals surface area contributed by atoms with Gasteiger partial charge in [-0.25, -0.2) is 13.1 Å². The molecule has 1 aliphatic heterocycles. The Bertz CT molecular complexity index is 427. The van der Waals surface area contributed by atoms with Crippen LogP contribution < -0.4 is 10.0 Å². The normalized spacial score (nSPS) is 21.1. The van der Waals surface area contributed by atoms with Gasteiger partial charge in [0.15, 0.2) is 0 Å². The quantitative estimate of drug-likeness (QED) is 0.770. The van der Waals surface area contributed by atoms with Crippen molar-refractivity contribution in [1.29, 1.82) is 0 Å². The van der Waals surface area contributed by atoms with E-state index in [0.29, 0.717) is 0 Å². The van der Waals surface area contributed by atoms with Crippen LogP contribution in [0.2, 0.25) is 0 Å². The number of nitrogens with zero attached hydrogens (tertiary/aromatic N) is 1. The fourth-order valence-corrected chi connectivity index (χ4v) is 3.17. The van der Waals surface area contributed by atoms with Gasteiger partial charge in [-0.15, -0.1) is 0 Å². The van der Waals surface area contributed by atoms with Gasteiger partial charge in [0.05, 0.1) is 5.75 Å². The molecule has 1 aliphatic rings. The third-order valence-corrected chi connectivity index (χ3v) is 3.92. The average molecular weight is 241 g/mol. The van der Waals surface area contributed by atoms with Crippen LogP contribution in [0, 0.1) is 0 Å². The van der Waals surface area contributed by atoms with Crippen LogP contribution in [0.15, 0.2) is 24.5 Å². The number of hydrogen-bond acceptors (Lipinski definition) is 4. The van der Waals surface area contributed by atoms with Crippen LogP contribution in [0.4, 0.5) is 0 Å². The zero-order valence-corrected chi connectivity index (χ0v) is 9.70. The van der Waals surface area contributed by atoms with Crippen molar-refractivity contribution in [2.24, 2.45) is 0 Å². The maximum Gasteiger partial charge on any atom is 0.216 e. The smallest absolute Gasteiger partial charge is 0.216 e. The maximum atomic E-state index is 11.8. The Kier molecular flexibility index (Phi) is 3.52. The van der Waals surface area contributed by atoms with Crippen molar-refractivity contribution in [3.63, 3.8) is 0 Å². The molecule has 2 rings (SSSR count). The van der Waals surface area contributed by atoms with Crippen LogP contribution in [0.25, 0.3) is 0 Å². The maximum absolute atomic E-state index is 11.8. The van der Waals surface area contributed by atoms with Gasteiger partial charge in [0.1, 0.15) is 0 Å². The Morgan fingerprint density at radius 3 is 2.81 bits per heavy atom. The van der Waals surface area contributed by atoms with Gasteiger partial charge < -0.3 is 5.32 Å².